The minimum absolute atomic E-state index is 0.00830. The zero-order valence-electron chi connectivity index (χ0n) is 14.7. The van der Waals surface area contributed by atoms with E-state index in [2.05, 4.69) is 5.32 Å². The summed E-state index contributed by atoms with van der Waals surface area (Å²) in [6.45, 7) is 2.09. The van der Waals surface area contributed by atoms with Crippen molar-refractivity contribution in [2.75, 3.05) is 18.9 Å². The minimum Gasteiger partial charge on any atom is -0.464 e. The van der Waals surface area contributed by atoms with E-state index in [4.69, 9.17) is 4.42 Å². The van der Waals surface area contributed by atoms with Crippen LogP contribution in [0.5, 0.6) is 0 Å². The second kappa shape index (κ2) is 8.11. The molecule has 2 aromatic rings. The van der Waals surface area contributed by atoms with Crippen LogP contribution in [0.25, 0.3) is 0 Å². The van der Waals surface area contributed by atoms with Crippen LogP contribution in [0.3, 0.4) is 0 Å². The number of aryl methyl sites for hydroxylation is 1. The van der Waals surface area contributed by atoms with Crippen LogP contribution in [0.4, 0.5) is 24.5 Å². The van der Waals surface area contributed by atoms with Crippen LogP contribution in [0, 0.1) is 17.0 Å². The highest BCUT2D eigenvalue weighted by Crippen LogP contribution is 2.34. The van der Waals surface area contributed by atoms with Crippen molar-refractivity contribution in [2.45, 2.75) is 26.1 Å². The van der Waals surface area contributed by atoms with Gasteiger partial charge in [0.15, 0.2) is 0 Å². The highest BCUT2D eigenvalue weighted by Gasteiger charge is 2.33. The van der Waals surface area contributed by atoms with Gasteiger partial charge in [0.2, 0.25) is 5.91 Å². The molecule has 0 aliphatic heterocycles. The monoisotopic (exact) mass is 385 g/mol. The van der Waals surface area contributed by atoms with Crippen LogP contribution >= 0.6 is 0 Å². The summed E-state index contributed by atoms with van der Waals surface area (Å²) >= 11 is 0. The fourth-order valence-electron chi connectivity index (χ4n) is 2.40. The van der Waals surface area contributed by atoms with Gasteiger partial charge in [0.1, 0.15) is 17.2 Å². The molecule has 10 heteroatoms. The van der Waals surface area contributed by atoms with Gasteiger partial charge in [-0.2, -0.15) is 13.2 Å². The molecule has 0 aliphatic rings. The average Bonchev–Trinajstić information content (AvgIpc) is 2.98. The molecule has 1 aromatic heterocycles. The Balaban J connectivity index is 1.95. The number of halogens is 3. The predicted molar refractivity (Wildman–Crippen MR) is 91.1 cm³/mol. The number of benzene rings is 1. The molecule has 1 amide bonds. The van der Waals surface area contributed by atoms with Crippen LogP contribution in [-0.2, 0) is 17.5 Å². The first kappa shape index (κ1) is 20.3. The van der Waals surface area contributed by atoms with Gasteiger partial charge in [0, 0.05) is 26.1 Å². The molecule has 0 saturated heterocycles. The smallest absolute Gasteiger partial charge is 0.416 e. The van der Waals surface area contributed by atoms with E-state index in [-0.39, 0.29) is 31.1 Å². The Bertz CT molecular complexity index is 833. The topological polar surface area (TPSA) is 88.6 Å². The van der Waals surface area contributed by atoms with Gasteiger partial charge in [-0.1, -0.05) is 0 Å². The first-order valence-electron chi connectivity index (χ1n) is 7.96. The van der Waals surface area contributed by atoms with E-state index in [1.165, 1.54) is 4.90 Å². The summed E-state index contributed by atoms with van der Waals surface area (Å²) in [5, 5.41) is 13.7. The fourth-order valence-corrected chi connectivity index (χ4v) is 2.40. The molecule has 7 nitrogen and oxygen atoms in total. The van der Waals surface area contributed by atoms with Crippen molar-refractivity contribution in [1.82, 2.24) is 4.90 Å². The highest BCUT2D eigenvalue weighted by molar-refractivity contribution is 5.76. The third kappa shape index (κ3) is 5.47. The van der Waals surface area contributed by atoms with Crippen LogP contribution in [0.2, 0.25) is 0 Å². The molecular weight excluding hydrogens is 367 g/mol. The number of nitro groups is 1. The molecule has 0 radical (unpaired) electrons. The lowest BCUT2D eigenvalue weighted by Crippen LogP contribution is -2.27. The number of anilines is 1. The Hall–Kier alpha value is -3.04. The van der Waals surface area contributed by atoms with Crippen molar-refractivity contribution in [3.05, 3.63) is 57.5 Å². The average molecular weight is 385 g/mol. The standard InChI is InChI=1S/C17H18F3N3O4/c1-11-3-5-13(27-11)10-22(2)16(24)7-8-21-14-6-4-12(17(18,19)20)9-15(14)23(25)26/h3-6,9,21H,7-8,10H2,1-2H3. The van der Waals surface area contributed by atoms with Crippen molar-refractivity contribution in [3.63, 3.8) is 0 Å². The Kier molecular flexibility index (Phi) is 6.09. The van der Waals surface area contributed by atoms with Crippen LogP contribution in [0.15, 0.2) is 34.7 Å². The summed E-state index contributed by atoms with van der Waals surface area (Å²) in [7, 11) is 1.58. The number of nitrogens with zero attached hydrogens (tertiary/aromatic N) is 2. The summed E-state index contributed by atoms with van der Waals surface area (Å²) < 4.78 is 43.5. The summed E-state index contributed by atoms with van der Waals surface area (Å²) in [5.41, 5.74) is -1.88. The van der Waals surface area contributed by atoms with Gasteiger partial charge in [0.25, 0.3) is 5.69 Å². The molecule has 0 unspecified atom stereocenters. The summed E-state index contributed by atoms with van der Waals surface area (Å²) in [6.07, 6.45) is -4.67. The number of carbonyl (C=O) groups excluding carboxylic acids is 1. The van der Waals surface area contributed by atoms with E-state index in [1.54, 1.807) is 26.1 Å². The van der Waals surface area contributed by atoms with E-state index >= 15 is 0 Å². The molecule has 0 atom stereocenters. The third-order valence-corrected chi connectivity index (χ3v) is 3.79. The van der Waals surface area contributed by atoms with Crippen LogP contribution < -0.4 is 5.32 Å². The molecule has 27 heavy (non-hydrogen) atoms. The van der Waals surface area contributed by atoms with E-state index in [0.29, 0.717) is 11.8 Å². The minimum atomic E-state index is -4.67. The van der Waals surface area contributed by atoms with E-state index in [1.807, 2.05) is 0 Å². The molecule has 1 aromatic carbocycles. The normalized spacial score (nSPS) is 11.3. The maximum atomic E-state index is 12.7. The van der Waals surface area contributed by atoms with E-state index in [0.717, 1.165) is 17.9 Å². The van der Waals surface area contributed by atoms with Gasteiger partial charge < -0.3 is 14.6 Å². The number of furan rings is 1. The predicted octanol–water partition coefficient (Wildman–Crippen LogP) is 3.98. The largest absolute Gasteiger partial charge is 0.464 e. The summed E-state index contributed by atoms with van der Waals surface area (Å²) in [6, 6.07) is 5.74. The first-order chi connectivity index (χ1) is 12.6. The van der Waals surface area contributed by atoms with Crippen LogP contribution in [-0.4, -0.2) is 29.3 Å². The molecule has 0 saturated carbocycles. The Morgan fingerprint density at radius 3 is 2.56 bits per heavy atom. The van der Waals surface area contributed by atoms with Crippen LogP contribution in [0.1, 0.15) is 23.5 Å². The molecule has 0 aliphatic carbocycles. The van der Waals surface area contributed by atoms with Gasteiger partial charge in [-0.15, -0.1) is 0 Å². The molecular formula is C17H18F3N3O4. The molecule has 146 valence electrons. The lowest BCUT2D eigenvalue weighted by molar-refractivity contribution is -0.384. The second-order valence-electron chi connectivity index (χ2n) is 5.93. The Labute approximate surface area is 152 Å². The van der Waals surface area contributed by atoms with Gasteiger partial charge in [-0.05, 0) is 31.2 Å². The van der Waals surface area contributed by atoms with Crippen molar-refractivity contribution < 1.29 is 27.3 Å². The number of nitro benzene ring substituents is 1. The molecule has 1 heterocycles. The SMILES string of the molecule is Cc1ccc(CN(C)C(=O)CCNc2ccc(C(F)(F)F)cc2[N+](=O)[O-])o1. The van der Waals surface area contributed by atoms with Gasteiger partial charge in [0.05, 0.1) is 17.0 Å². The Morgan fingerprint density at radius 2 is 2.00 bits per heavy atom. The van der Waals surface area contributed by atoms with Gasteiger partial charge in [-0.25, -0.2) is 0 Å². The third-order valence-electron chi connectivity index (χ3n) is 3.79. The lowest BCUT2D eigenvalue weighted by atomic mass is 10.1. The molecule has 0 fully saturated rings. The molecule has 2 rings (SSSR count). The number of carbonyl (C=O) groups is 1. The number of hydrogen-bond donors (Lipinski definition) is 1. The Morgan fingerprint density at radius 1 is 1.30 bits per heavy atom. The quantitative estimate of drug-likeness (QED) is 0.575. The molecule has 0 spiro atoms. The summed E-state index contributed by atoms with van der Waals surface area (Å²) in [4.78, 5) is 23.7. The number of alkyl halides is 3. The second-order valence-corrected chi connectivity index (χ2v) is 5.93. The molecule has 1 N–H and O–H groups in total. The lowest BCUT2D eigenvalue weighted by Gasteiger charge is -2.16. The first-order valence-corrected chi connectivity index (χ1v) is 7.96. The van der Waals surface area contributed by atoms with Crippen molar-refractivity contribution >= 4 is 17.3 Å². The van der Waals surface area contributed by atoms with E-state index < -0.39 is 22.4 Å². The number of hydrogen-bond acceptors (Lipinski definition) is 5. The van der Waals surface area contributed by atoms with Crippen molar-refractivity contribution in [3.8, 4) is 0 Å². The van der Waals surface area contributed by atoms with Crippen molar-refractivity contribution in [1.29, 1.82) is 0 Å². The van der Waals surface area contributed by atoms with Crippen molar-refractivity contribution in [2.24, 2.45) is 0 Å². The zero-order valence-corrected chi connectivity index (χ0v) is 14.7. The zero-order chi connectivity index (χ0) is 20.2. The number of rotatable bonds is 7. The van der Waals surface area contributed by atoms with E-state index in [9.17, 15) is 28.1 Å². The maximum absolute atomic E-state index is 12.7. The number of nitrogens with one attached hydrogen (secondary N) is 1. The fraction of sp³-hybridized carbons (Fsp3) is 0.353. The molecule has 0 bridgehead atoms. The summed E-state index contributed by atoms with van der Waals surface area (Å²) in [5.74, 6) is 1.10. The van der Waals surface area contributed by atoms with Gasteiger partial charge in [-0.3, -0.25) is 14.9 Å². The van der Waals surface area contributed by atoms with Gasteiger partial charge >= 0.3 is 6.18 Å². The number of amides is 1. The maximum Gasteiger partial charge on any atom is 0.416 e. The highest BCUT2D eigenvalue weighted by atomic mass is 19.4.